The molecule has 1 aromatic carbocycles. The van der Waals surface area contributed by atoms with Gasteiger partial charge in [-0.15, -0.1) is 0 Å². The summed E-state index contributed by atoms with van der Waals surface area (Å²) in [7, 11) is 3.60. The van der Waals surface area contributed by atoms with Crippen LogP contribution in [0.15, 0.2) is 40.8 Å². The molecule has 0 saturated carbocycles. The molecule has 1 aromatic rings. The van der Waals surface area contributed by atoms with Crippen molar-refractivity contribution in [2.24, 2.45) is 15.4 Å². The summed E-state index contributed by atoms with van der Waals surface area (Å²) in [4.78, 5) is 27.6. The molecule has 0 atom stereocenters. The molecule has 0 unspecified atom stereocenters. The number of amides is 1. The molecule has 7 nitrogen and oxygen atoms in total. The van der Waals surface area contributed by atoms with Crippen LogP contribution in [-0.2, 0) is 15.0 Å². The Hall–Kier alpha value is -2.72. The number of phenols is 1. The zero-order chi connectivity index (χ0) is 32.3. The van der Waals surface area contributed by atoms with Crippen LogP contribution < -0.4 is 10.6 Å². The Morgan fingerprint density at radius 2 is 1.12 bits per heavy atom. The topological polar surface area (TPSA) is 103 Å². The van der Waals surface area contributed by atoms with Gasteiger partial charge in [0.25, 0.3) is 0 Å². The van der Waals surface area contributed by atoms with Crippen LogP contribution in [0.2, 0.25) is 0 Å². The van der Waals surface area contributed by atoms with Gasteiger partial charge in [0, 0.05) is 18.0 Å². The quantitative estimate of drug-likeness (QED) is 0.220. The van der Waals surface area contributed by atoms with Gasteiger partial charge in [0.15, 0.2) is 0 Å². The van der Waals surface area contributed by atoms with Gasteiger partial charge in [0.1, 0.15) is 5.75 Å². The summed E-state index contributed by atoms with van der Waals surface area (Å²) in [6.07, 6.45) is 1.48. The Bertz CT molecular complexity index is 847. The molecule has 0 fully saturated rings. The first-order chi connectivity index (χ1) is 17.2. The molecule has 40 heavy (non-hydrogen) atoms. The smallest absolute Gasteiger partial charge is 0.235 e. The van der Waals surface area contributed by atoms with Crippen molar-refractivity contribution >= 4 is 17.9 Å². The number of aliphatic imine (C=N–C) groups is 2. The van der Waals surface area contributed by atoms with E-state index in [4.69, 9.17) is 5.11 Å². The number of nitrogens with zero attached hydrogens (tertiary/aromatic N) is 2. The predicted octanol–water partition coefficient (Wildman–Crippen LogP) is 7.87. The van der Waals surface area contributed by atoms with E-state index >= 15 is 0 Å². The minimum Gasteiger partial charge on any atom is -0.508 e. The molecule has 1 rings (SSSR count). The fourth-order valence-electron chi connectivity index (χ4n) is 1.71. The molecule has 0 heterocycles. The van der Waals surface area contributed by atoms with Gasteiger partial charge in [-0.25, -0.2) is 14.8 Å². The van der Waals surface area contributed by atoms with Crippen molar-refractivity contribution < 1.29 is 14.7 Å². The highest BCUT2D eigenvalue weighted by atomic mass is 16.3. The van der Waals surface area contributed by atoms with Crippen molar-refractivity contribution in [2.45, 2.75) is 133 Å². The minimum atomic E-state index is -0.248. The number of hydrogen-bond donors (Lipinski definition) is 3. The van der Waals surface area contributed by atoms with E-state index < -0.39 is 0 Å². The van der Waals surface area contributed by atoms with Crippen LogP contribution in [-0.4, -0.2) is 53.7 Å². The largest absolute Gasteiger partial charge is 0.508 e. The first kappa shape index (κ1) is 47.1. The SMILES string of the molecule is C.C=C=NC(C)(C)C.CC(C)(C)N=C=O.CC(C)(C)c1ccc(O)cc1.CNC(=O)C(C)(C)C.CNC(C)(C)C. The predicted molar refractivity (Wildman–Crippen MR) is 177 cm³/mol. The van der Waals surface area contributed by atoms with Gasteiger partial charge in [-0.1, -0.05) is 61.1 Å². The first-order valence-corrected chi connectivity index (χ1v) is 13.2. The molecule has 0 aromatic heterocycles. The van der Waals surface area contributed by atoms with Crippen molar-refractivity contribution in [2.75, 3.05) is 14.1 Å². The highest BCUT2D eigenvalue weighted by Gasteiger charge is 2.18. The zero-order valence-electron chi connectivity index (χ0n) is 28.2. The van der Waals surface area contributed by atoms with E-state index in [1.165, 1.54) is 11.6 Å². The molecule has 0 saturated heterocycles. The van der Waals surface area contributed by atoms with Gasteiger partial charge in [0.2, 0.25) is 12.0 Å². The molecule has 234 valence electrons. The average molecular weight is 565 g/mol. The second kappa shape index (κ2) is 21.1. The van der Waals surface area contributed by atoms with Gasteiger partial charge in [-0.2, -0.15) is 0 Å². The number of phenolic OH excluding ortho intramolecular Hbond substituents is 1. The Labute approximate surface area is 248 Å². The van der Waals surface area contributed by atoms with Gasteiger partial charge in [-0.05, 0) is 105 Å². The lowest BCUT2D eigenvalue weighted by molar-refractivity contribution is -0.127. The maximum Gasteiger partial charge on any atom is 0.235 e. The lowest BCUT2D eigenvalue weighted by Crippen LogP contribution is -2.31. The number of isocyanates is 1. The monoisotopic (exact) mass is 564 g/mol. The highest BCUT2D eigenvalue weighted by molar-refractivity contribution is 5.80. The normalized spacial score (nSPS) is 10.7. The lowest BCUT2D eigenvalue weighted by Gasteiger charge is -2.18. The van der Waals surface area contributed by atoms with Crippen LogP contribution in [0.5, 0.6) is 5.75 Å². The van der Waals surface area contributed by atoms with Crippen molar-refractivity contribution in [3.05, 3.63) is 36.4 Å². The Morgan fingerprint density at radius 1 is 0.775 bits per heavy atom. The molecular weight excluding hydrogens is 500 g/mol. The van der Waals surface area contributed by atoms with E-state index in [1.807, 2.05) is 81.5 Å². The van der Waals surface area contributed by atoms with Crippen LogP contribution in [0.25, 0.3) is 0 Å². The van der Waals surface area contributed by atoms with Crippen molar-refractivity contribution in [1.29, 1.82) is 0 Å². The average Bonchev–Trinajstić information content (AvgIpc) is 2.71. The van der Waals surface area contributed by atoms with E-state index in [9.17, 15) is 9.59 Å². The van der Waals surface area contributed by atoms with Crippen LogP contribution in [0.1, 0.15) is 117 Å². The van der Waals surface area contributed by atoms with E-state index in [0.717, 1.165) is 0 Å². The Kier molecular flexibility index (Phi) is 24.8. The third kappa shape index (κ3) is 39.8. The van der Waals surface area contributed by atoms with Crippen molar-refractivity contribution in [1.82, 2.24) is 10.6 Å². The number of rotatable bonds is 0. The second-order valence-corrected chi connectivity index (χ2v) is 13.9. The second-order valence-electron chi connectivity index (χ2n) is 13.9. The van der Waals surface area contributed by atoms with E-state index in [0.29, 0.717) is 11.3 Å². The molecule has 1 amide bonds. The molecule has 0 aliphatic carbocycles. The summed E-state index contributed by atoms with van der Waals surface area (Å²) in [5, 5.41) is 14.7. The number of benzene rings is 1. The third-order valence-electron chi connectivity index (χ3n) is 4.19. The minimum absolute atomic E-state index is 0. The number of carbonyl (C=O) groups is 1. The molecule has 0 aliphatic heterocycles. The van der Waals surface area contributed by atoms with Gasteiger partial charge in [0.05, 0.1) is 11.1 Å². The summed E-state index contributed by atoms with van der Waals surface area (Å²) in [5.74, 6) is 2.90. The van der Waals surface area contributed by atoms with Gasteiger partial charge in [-0.3, -0.25) is 4.79 Å². The Morgan fingerprint density at radius 3 is 1.23 bits per heavy atom. The van der Waals surface area contributed by atoms with E-state index in [2.05, 4.69) is 74.6 Å². The molecule has 0 aliphatic rings. The summed E-state index contributed by atoms with van der Waals surface area (Å²) < 4.78 is 0. The molecule has 7 heteroatoms. The fraction of sp³-hybridized carbons (Fsp3) is 0.697. The number of hydrogen-bond acceptors (Lipinski definition) is 6. The maximum absolute atomic E-state index is 10.7. The summed E-state index contributed by atoms with van der Waals surface area (Å²) in [6.45, 7) is 33.4. The Balaban J connectivity index is -0.000000129. The maximum atomic E-state index is 10.7. The molecular formula is C33H64N4O3. The summed E-state index contributed by atoms with van der Waals surface area (Å²) in [6, 6.07) is 7.35. The van der Waals surface area contributed by atoms with Gasteiger partial charge >= 0.3 is 0 Å². The van der Waals surface area contributed by atoms with E-state index in [-0.39, 0.29) is 35.2 Å². The number of nitrogens with one attached hydrogen (secondary N) is 2. The number of aromatic hydroxyl groups is 1. The highest BCUT2D eigenvalue weighted by Crippen LogP contribution is 2.23. The van der Waals surface area contributed by atoms with Crippen molar-refractivity contribution in [3.8, 4) is 5.75 Å². The van der Waals surface area contributed by atoms with Crippen LogP contribution in [0, 0.1) is 5.41 Å². The van der Waals surface area contributed by atoms with E-state index in [1.54, 1.807) is 19.2 Å². The fourth-order valence-corrected chi connectivity index (χ4v) is 1.71. The third-order valence-corrected chi connectivity index (χ3v) is 4.19. The lowest BCUT2D eigenvalue weighted by atomic mass is 9.87. The van der Waals surface area contributed by atoms with Crippen LogP contribution in [0.3, 0.4) is 0 Å². The zero-order valence-corrected chi connectivity index (χ0v) is 28.2. The van der Waals surface area contributed by atoms with Crippen LogP contribution in [0.4, 0.5) is 0 Å². The molecule has 0 bridgehead atoms. The van der Waals surface area contributed by atoms with Gasteiger partial charge < -0.3 is 15.7 Å². The van der Waals surface area contributed by atoms with Crippen molar-refractivity contribution in [3.63, 3.8) is 0 Å². The standard InChI is InChI=1S/C10H14O.C6H13NO.C6H11N.C5H9NO.C5H13N.CH4/c1-10(2,3)8-4-6-9(11)7-5-8;1-6(2,3)5(8)7-4;1-5-7-6(2,3)4;1-5(2,3)6-4-7;1-5(2,3)6-4;/h4-7,11H,1-3H3;1-4H3,(H,7,8);1H2,2-4H3;1-3H3;6H,1-4H3;1H4. The molecule has 0 spiro atoms. The first-order valence-electron chi connectivity index (χ1n) is 13.2. The number of carbonyl (C=O) groups excluding carboxylic acids is 2. The van der Waals surface area contributed by atoms with Crippen LogP contribution >= 0.6 is 0 Å². The molecule has 0 radical (unpaired) electrons. The molecule has 3 N–H and O–H groups in total. The summed E-state index contributed by atoms with van der Waals surface area (Å²) >= 11 is 0. The summed E-state index contributed by atoms with van der Waals surface area (Å²) in [5.41, 5.74) is 1.22.